The van der Waals surface area contributed by atoms with E-state index in [1.807, 2.05) is 12.1 Å². The van der Waals surface area contributed by atoms with Crippen molar-refractivity contribution >= 4 is 54.1 Å². The second-order valence-corrected chi connectivity index (χ2v) is 12.2. The maximum Gasteiger partial charge on any atom is 0.153 e. The smallest absolute Gasteiger partial charge is 0.153 e. The summed E-state index contributed by atoms with van der Waals surface area (Å²) in [6, 6.07) is 50.5. The molecule has 0 unspecified atom stereocenters. The Morgan fingerprint density at radius 1 is 0.543 bits per heavy atom. The first-order chi connectivity index (χ1) is 22.8. The van der Waals surface area contributed by atoms with E-state index in [0.29, 0.717) is 0 Å². The van der Waals surface area contributed by atoms with Crippen molar-refractivity contribution in [3.05, 3.63) is 145 Å². The summed E-state index contributed by atoms with van der Waals surface area (Å²) in [5.74, 6) is 2.74. The second-order valence-electron chi connectivity index (χ2n) is 12.2. The highest BCUT2D eigenvalue weighted by Crippen LogP contribution is 2.48. The molecule has 0 amide bonds. The highest BCUT2D eigenvalue weighted by molar-refractivity contribution is 6.25. The predicted molar refractivity (Wildman–Crippen MR) is 191 cm³/mol. The van der Waals surface area contributed by atoms with E-state index in [-0.39, 0.29) is 0 Å². The van der Waals surface area contributed by atoms with E-state index in [1.54, 1.807) is 0 Å². The number of aryl methyl sites for hydroxylation is 1. The quantitative estimate of drug-likeness (QED) is 0.152. The van der Waals surface area contributed by atoms with Gasteiger partial charge < -0.3 is 4.74 Å². The first-order valence-corrected chi connectivity index (χ1v) is 16.0. The molecule has 9 aromatic rings. The van der Waals surface area contributed by atoms with Crippen LogP contribution in [0.4, 0.5) is 0 Å². The number of aromatic nitrogens is 2. The van der Waals surface area contributed by atoms with Crippen LogP contribution >= 0.6 is 0 Å². The number of hydrogen-bond acceptors (Lipinski definition) is 2. The fourth-order valence-electron chi connectivity index (χ4n) is 7.77. The zero-order valence-electron chi connectivity index (χ0n) is 25.3. The zero-order valence-corrected chi connectivity index (χ0v) is 25.3. The average Bonchev–Trinajstić information content (AvgIpc) is 3.50. The summed E-state index contributed by atoms with van der Waals surface area (Å²) < 4.78 is 8.76. The molecule has 46 heavy (non-hydrogen) atoms. The Balaban J connectivity index is 1.30. The molecule has 0 N–H and O–H groups in total. The number of ether oxygens (including phenoxy) is 1. The molecule has 0 saturated heterocycles. The lowest BCUT2D eigenvalue weighted by Gasteiger charge is -2.23. The number of imidazole rings is 1. The van der Waals surface area contributed by atoms with E-state index in [9.17, 15) is 0 Å². The van der Waals surface area contributed by atoms with Crippen LogP contribution in [0.25, 0.3) is 82.1 Å². The van der Waals surface area contributed by atoms with Gasteiger partial charge in [-0.1, -0.05) is 116 Å². The van der Waals surface area contributed by atoms with Gasteiger partial charge in [0.25, 0.3) is 0 Å². The predicted octanol–water partition coefficient (Wildman–Crippen LogP) is 11.6. The third kappa shape index (κ3) is 3.45. The van der Waals surface area contributed by atoms with Gasteiger partial charge in [0.1, 0.15) is 11.3 Å². The minimum atomic E-state index is 0.831. The van der Waals surface area contributed by atoms with Crippen LogP contribution in [0.5, 0.6) is 11.5 Å². The van der Waals surface area contributed by atoms with Gasteiger partial charge in [0.15, 0.2) is 11.5 Å². The van der Waals surface area contributed by atoms with Crippen molar-refractivity contribution in [2.24, 2.45) is 0 Å². The average molecular weight is 589 g/mol. The van der Waals surface area contributed by atoms with Crippen LogP contribution in [-0.4, -0.2) is 9.55 Å². The number of benzene rings is 8. The lowest BCUT2D eigenvalue weighted by molar-refractivity contribution is 0.474. The Hall–Kier alpha value is -5.93. The maximum absolute atomic E-state index is 6.47. The number of para-hydroxylation sites is 1. The monoisotopic (exact) mass is 588 g/mol. The van der Waals surface area contributed by atoms with Gasteiger partial charge in [-0.15, -0.1) is 0 Å². The molecule has 10 rings (SSSR count). The first-order valence-electron chi connectivity index (χ1n) is 16.0. The largest absolute Gasteiger partial charge is 0.453 e. The zero-order chi connectivity index (χ0) is 30.4. The third-order valence-corrected chi connectivity index (χ3v) is 9.70. The van der Waals surface area contributed by atoms with Gasteiger partial charge in [0, 0.05) is 6.42 Å². The molecule has 1 aromatic heterocycles. The summed E-state index contributed by atoms with van der Waals surface area (Å²) >= 11 is 0. The molecule has 216 valence electrons. The van der Waals surface area contributed by atoms with Gasteiger partial charge in [-0.25, -0.2) is 4.98 Å². The normalized spacial score (nSPS) is 12.3. The molecule has 3 heteroatoms. The summed E-state index contributed by atoms with van der Waals surface area (Å²) in [6.45, 7) is 2.17. The fourth-order valence-corrected chi connectivity index (χ4v) is 7.77. The maximum atomic E-state index is 6.47. The molecule has 3 nitrogen and oxygen atoms in total. The van der Waals surface area contributed by atoms with Crippen molar-refractivity contribution in [3.63, 3.8) is 0 Å². The van der Waals surface area contributed by atoms with Crippen LogP contribution in [0.3, 0.4) is 0 Å². The van der Waals surface area contributed by atoms with Crippen molar-refractivity contribution in [1.82, 2.24) is 9.55 Å². The van der Waals surface area contributed by atoms with Crippen molar-refractivity contribution in [3.8, 4) is 39.4 Å². The standard InChI is InChI=1S/C43H28N2O/c1-2-40-44-36-20-11-21-39-43(36)45(40)37-25-27(22-23-38(37)46-39)41-31-16-7-9-18-33(31)42(34-19-10-8-17-32(34)41)35-24-26-12-3-4-13-28(26)29-14-5-6-15-30(29)35/h3-25H,2H2,1H3. The fraction of sp³-hybridized carbons (Fsp3) is 0.0465. The second kappa shape index (κ2) is 9.53. The van der Waals surface area contributed by atoms with E-state index in [1.165, 1.54) is 59.8 Å². The Morgan fingerprint density at radius 2 is 1.17 bits per heavy atom. The minimum absolute atomic E-state index is 0.831. The molecule has 0 spiro atoms. The molecule has 2 heterocycles. The van der Waals surface area contributed by atoms with Crippen LogP contribution in [0, 0.1) is 0 Å². The van der Waals surface area contributed by atoms with E-state index >= 15 is 0 Å². The molecular weight excluding hydrogens is 560 g/mol. The van der Waals surface area contributed by atoms with Gasteiger partial charge in [-0.2, -0.15) is 0 Å². The summed E-state index contributed by atoms with van der Waals surface area (Å²) in [7, 11) is 0. The SMILES string of the molecule is CCc1nc2cccc3c2n1-c1cc(-c2c4ccccc4c(-c4cc5ccccc5c5ccccc45)c4ccccc24)ccc1O3. The highest BCUT2D eigenvalue weighted by atomic mass is 16.5. The lowest BCUT2D eigenvalue weighted by atomic mass is 9.83. The Kier molecular flexibility index (Phi) is 5.26. The van der Waals surface area contributed by atoms with Crippen LogP contribution in [-0.2, 0) is 6.42 Å². The van der Waals surface area contributed by atoms with Crippen LogP contribution in [0.1, 0.15) is 12.7 Å². The van der Waals surface area contributed by atoms with E-state index in [2.05, 4.69) is 139 Å². The van der Waals surface area contributed by atoms with E-state index in [0.717, 1.165) is 46.0 Å². The number of rotatable bonds is 3. The van der Waals surface area contributed by atoms with Crippen molar-refractivity contribution < 1.29 is 4.74 Å². The van der Waals surface area contributed by atoms with Crippen molar-refractivity contribution in [1.29, 1.82) is 0 Å². The van der Waals surface area contributed by atoms with Crippen molar-refractivity contribution in [2.45, 2.75) is 13.3 Å². The van der Waals surface area contributed by atoms with Crippen LogP contribution in [0.15, 0.2) is 140 Å². The summed E-state index contributed by atoms with van der Waals surface area (Å²) in [6.07, 6.45) is 0.831. The number of hydrogen-bond donors (Lipinski definition) is 0. The summed E-state index contributed by atoms with van der Waals surface area (Å²) in [5.41, 5.74) is 7.97. The van der Waals surface area contributed by atoms with Gasteiger partial charge in [-0.3, -0.25) is 4.57 Å². The highest BCUT2D eigenvalue weighted by Gasteiger charge is 2.25. The molecule has 1 aliphatic rings. The molecule has 0 radical (unpaired) electrons. The Labute approximate surface area is 265 Å². The van der Waals surface area contributed by atoms with Crippen molar-refractivity contribution in [2.75, 3.05) is 0 Å². The summed E-state index contributed by atoms with van der Waals surface area (Å²) in [5, 5.41) is 10.0. The van der Waals surface area contributed by atoms with Gasteiger partial charge in [-0.05, 0) is 95.7 Å². The topological polar surface area (TPSA) is 27.1 Å². The third-order valence-electron chi connectivity index (χ3n) is 9.70. The van der Waals surface area contributed by atoms with E-state index in [4.69, 9.17) is 9.72 Å². The molecule has 0 aliphatic carbocycles. The molecule has 8 aromatic carbocycles. The first kappa shape index (κ1) is 25.4. The van der Waals surface area contributed by atoms with E-state index < -0.39 is 0 Å². The van der Waals surface area contributed by atoms with Crippen LogP contribution < -0.4 is 4.74 Å². The Morgan fingerprint density at radius 3 is 1.89 bits per heavy atom. The molecule has 0 fully saturated rings. The molecule has 0 saturated carbocycles. The minimum Gasteiger partial charge on any atom is -0.453 e. The van der Waals surface area contributed by atoms with Gasteiger partial charge in [0.2, 0.25) is 0 Å². The van der Waals surface area contributed by atoms with Gasteiger partial charge >= 0.3 is 0 Å². The molecule has 1 aliphatic heterocycles. The lowest BCUT2D eigenvalue weighted by Crippen LogP contribution is -2.07. The number of nitrogens with zero attached hydrogens (tertiary/aromatic N) is 2. The molecule has 0 bridgehead atoms. The summed E-state index contributed by atoms with van der Waals surface area (Å²) in [4.78, 5) is 4.98. The van der Waals surface area contributed by atoms with Crippen LogP contribution in [0.2, 0.25) is 0 Å². The molecular formula is C43H28N2O. The molecule has 0 atom stereocenters. The number of fused-ring (bicyclic) bond motifs is 7. The van der Waals surface area contributed by atoms with Gasteiger partial charge in [0.05, 0.1) is 11.2 Å². The Bertz CT molecular complexity index is 2660.